The third-order valence-corrected chi connectivity index (χ3v) is 4.01. The summed E-state index contributed by atoms with van der Waals surface area (Å²) in [6.45, 7) is 3.52. The Balaban J connectivity index is 2.24. The van der Waals surface area contributed by atoms with E-state index in [2.05, 4.69) is 6.58 Å². The van der Waals surface area contributed by atoms with Crippen molar-refractivity contribution in [2.75, 3.05) is 13.1 Å². The van der Waals surface area contributed by atoms with Gasteiger partial charge in [0, 0.05) is 24.6 Å². The summed E-state index contributed by atoms with van der Waals surface area (Å²) < 4.78 is 26.6. The van der Waals surface area contributed by atoms with Gasteiger partial charge in [-0.2, -0.15) is 0 Å². The molecule has 1 aliphatic heterocycles. The van der Waals surface area contributed by atoms with E-state index in [1.807, 2.05) is 0 Å². The molecule has 0 aliphatic carbocycles. The third-order valence-electron chi connectivity index (χ3n) is 3.20. The highest BCUT2D eigenvalue weighted by Crippen LogP contribution is 2.37. The Bertz CT molecular complexity index is 548. The number of amides is 1. The zero-order valence-electron chi connectivity index (χ0n) is 9.93. The van der Waals surface area contributed by atoms with Crippen molar-refractivity contribution in [1.29, 1.82) is 0 Å². The second kappa shape index (κ2) is 5.47. The predicted molar refractivity (Wildman–Crippen MR) is 70.6 cm³/mol. The highest BCUT2D eigenvalue weighted by molar-refractivity contribution is 6.42. The first-order valence-electron chi connectivity index (χ1n) is 5.69. The molecule has 1 heterocycles. The van der Waals surface area contributed by atoms with E-state index in [1.54, 1.807) is 0 Å². The normalized spacial score (nSPS) is 18.7. The first-order valence-corrected chi connectivity index (χ1v) is 6.44. The average molecular weight is 306 g/mol. The van der Waals surface area contributed by atoms with Crippen LogP contribution in [-0.2, 0) is 4.79 Å². The van der Waals surface area contributed by atoms with Crippen molar-refractivity contribution in [2.45, 2.75) is 12.3 Å². The Morgan fingerprint density at radius 1 is 1.42 bits per heavy atom. The molecule has 1 aliphatic rings. The number of carbonyl (C=O) groups excluding carboxylic acids is 1. The Hall–Kier alpha value is -1.13. The van der Waals surface area contributed by atoms with E-state index in [-0.39, 0.29) is 28.1 Å². The van der Waals surface area contributed by atoms with Gasteiger partial charge in [-0.3, -0.25) is 4.79 Å². The fourth-order valence-corrected chi connectivity index (χ4v) is 2.74. The summed E-state index contributed by atoms with van der Waals surface area (Å²) in [5.74, 6) is -2.53. The van der Waals surface area contributed by atoms with Crippen LogP contribution < -0.4 is 0 Å². The maximum atomic E-state index is 13.8. The maximum absolute atomic E-state index is 13.8. The SMILES string of the molecule is C=C(F)C(=O)N1CCC(c2c(F)ccc(Cl)c2Cl)C1. The van der Waals surface area contributed by atoms with E-state index in [0.29, 0.717) is 13.0 Å². The lowest BCUT2D eigenvalue weighted by atomic mass is 9.98. The zero-order valence-corrected chi connectivity index (χ0v) is 11.4. The number of benzene rings is 1. The summed E-state index contributed by atoms with van der Waals surface area (Å²) in [7, 11) is 0. The summed E-state index contributed by atoms with van der Waals surface area (Å²) in [5.41, 5.74) is 0.286. The number of hydrogen-bond donors (Lipinski definition) is 0. The molecule has 0 bridgehead atoms. The van der Waals surface area contributed by atoms with Gasteiger partial charge in [-0.25, -0.2) is 8.78 Å². The Morgan fingerprint density at radius 2 is 2.11 bits per heavy atom. The lowest BCUT2D eigenvalue weighted by Crippen LogP contribution is -2.28. The van der Waals surface area contributed by atoms with Gasteiger partial charge in [0.25, 0.3) is 5.91 Å². The first-order chi connectivity index (χ1) is 8.91. The summed E-state index contributed by atoms with van der Waals surface area (Å²) in [6.07, 6.45) is 0.510. The van der Waals surface area contributed by atoms with Gasteiger partial charge < -0.3 is 4.90 Å². The molecule has 1 aromatic rings. The van der Waals surface area contributed by atoms with E-state index in [9.17, 15) is 13.6 Å². The Labute approximate surface area is 119 Å². The largest absolute Gasteiger partial charge is 0.336 e. The van der Waals surface area contributed by atoms with Crippen LogP contribution in [0.3, 0.4) is 0 Å². The molecule has 1 amide bonds. The zero-order chi connectivity index (χ0) is 14.2. The molecular formula is C13H11Cl2F2NO. The average Bonchev–Trinajstić information content (AvgIpc) is 2.82. The van der Waals surface area contributed by atoms with Crippen LogP contribution in [0.1, 0.15) is 17.9 Å². The molecule has 0 saturated carbocycles. The first kappa shape index (κ1) is 14.3. The molecule has 1 aromatic carbocycles. The summed E-state index contributed by atoms with van der Waals surface area (Å²) in [6, 6.07) is 2.62. The van der Waals surface area contributed by atoms with Gasteiger partial charge >= 0.3 is 0 Å². The topological polar surface area (TPSA) is 20.3 Å². The van der Waals surface area contributed by atoms with Crippen LogP contribution in [-0.4, -0.2) is 23.9 Å². The van der Waals surface area contributed by atoms with Crippen molar-refractivity contribution in [1.82, 2.24) is 4.90 Å². The molecule has 6 heteroatoms. The van der Waals surface area contributed by atoms with Crippen LogP contribution in [0.4, 0.5) is 8.78 Å². The van der Waals surface area contributed by atoms with Crippen LogP contribution in [0.25, 0.3) is 0 Å². The molecular weight excluding hydrogens is 295 g/mol. The quantitative estimate of drug-likeness (QED) is 0.599. The fraction of sp³-hybridized carbons (Fsp3) is 0.308. The summed E-state index contributed by atoms with van der Waals surface area (Å²) in [5, 5.41) is 0.415. The molecule has 19 heavy (non-hydrogen) atoms. The van der Waals surface area contributed by atoms with Gasteiger partial charge in [-0.1, -0.05) is 29.8 Å². The van der Waals surface area contributed by atoms with Gasteiger partial charge in [-0.15, -0.1) is 0 Å². The highest BCUT2D eigenvalue weighted by Gasteiger charge is 2.31. The molecule has 102 valence electrons. The number of carbonyl (C=O) groups is 1. The van der Waals surface area contributed by atoms with Gasteiger partial charge in [-0.05, 0) is 18.6 Å². The van der Waals surface area contributed by atoms with E-state index >= 15 is 0 Å². The lowest BCUT2D eigenvalue weighted by Gasteiger charge is -2.16. The second-order valence-electron chi connectivity index (χ2n) is 4.40. The highest BCUT2D eigenvalue weighted by atomic mass is 35.5. The van der Waals surface area contributed by atoms with Crippen molar-refractivity contribution in [3.05, 3.63) is 46.0 Å². The van der Waals surface area contributed by atoms with Gasteiger partial charge in [0.15, 0.2) is 5.83 Å². The van der Waals surface area contributed by atoms with Crippen molar-refractivity contribution in [3.63, 3.8) is 0 Å². The Morgan fingerprint density at radius 3 is 2.74 bits per heavy atom. The minimum absolute atomic E-state index is 0.153. The van der Waals surface area contributed by atoms with Crippen molar-refractivity contribution in [3.8, 4) is 0 Å². The van der Waals surface area contributed by atoms with E-state index < -0.39 is 17.6 Å². The van der Waals surface area contributed by atoms with Crippen molar-refractivity contribution in [2.24, 2.45) is 0 Å². The molecule has 2 nitrogen and oxygen atoms in total. The lowest BCUT2D eigenvalue weighted by molar-refractivity contribution is -0.127. The molecule has 0 aromatic heterocycles. The Kier molecular flexibility index (Phi) is 4.11. The van der Waals surface area contributed by atoms with Crippen LogP contribution in [0.5, 0.6) is 0 Å². The number of likely N-dealkylation sites (tertiary alicyclic amines) is 1. The van der Waals surface area contributed by atoms with E-state index in [1.165, 1.54) is 17.0 Å². The monoisotopic (exact) mass is 305 g/mol. The number of rotatable bonds is 2. The van der Waals surface area contributed by atoms with Gasteiger partial charge in [0.05, 0.1) is 10.0 Å². The van der Waals surface area contributed by atoms with Crippen LogP contribution >= 0.6 is 23.2 Å². The predicted octanol–water partition coefficient (Wildman–Crippen LogP) is 3.93. The molecule has 0 radical (unpaired) electrons. The third kappa shape index (κ3) is 2.74. The molecule has 1 fully saturated rings. The number of hydrogen-bond acceptors (Lipinski definition) is 1. The minimum atomic E-state index is -1.02. The maximum Gasteiger partial charge on any atom is 0.281 e. The van der Waals surface area contributed by atoms with E-state index in [0.717, 1.165) is 0 Å². The summed E-state index contributed by atoms with van der Waals surface area (Å²) in [4.78, 5) is 12.8. The van der Waals surface area contributed by atoms with Crippen LogP contribution in [0.15, 0.2) is 24.5 Å². The van der Waals surface area contributed by atoms with Crippen molar-refractivity contribution < 1.29 is 13.6 Å². The van der Waals surface area contributed by atoms with Gasteiger partial charge in [0.1, 0.15) is 5.82 Å². The molecule has 2 rings (SSSR count). The standard InChI is InChI=1S/C13H11Cl2F2NO/c1-7(16)13(19)18-5-4-8(6-18)11-10(17)3-2-9(14)12(11)15/h2-3,8H,1,4-6H2. The number of halogens is 4. The van der Waals surface area contributed by atoms with Crippen LogP contribution in [0, 0.1) is 5.82 Å². The van der Waals surface area contributed by atoms with Crippen LogP contribution in [0.2, 0.25) is 10.0 Å². The summed E-state index contributed by atoms with van der Waals surface area (Å²) >= 11 is 11.9. The molecule has 1 saturated heterocycles. The van der Waals surface area contributed by atoms with Crippen molar-refractivity contribution >= 4 is 29.1 Å². The van der Waals surface area contributed by atoms with Gasteiger partial charge in [0.2, 0.25) is 0 Å². The fourth-order valence-electron chi connectivity index (χ4n) is 2.27. The van der Waals surface area contributed by atoms with E-state index in [4.69, 9.17) is 23.2 Å². The molecule has 1 atom stereocenters. The molecule has 1 unspecified atom stereocenters. The number of nitrogens with zero attached hydrogens (tertiary/aromatic N) is 1. The second-order valence-corrected chi connectivity index (χ2v) is 5.18. The smallest absolute Gasteiger partial charge is 0.281 e. The minimum Gasteiger partial charge on any atom is -0.336 e. The molecule has 0 N–H and O–H groups in total. The molecule has 0 spiro atoms.